The molecule has 2 rings (SSSR count). The average Bonchev–Trinajstić information content (AvgIpc) is 2.54. The maximum Gasteiger partial charge on any atom is 2.00 e. The molecule has 2 aromatic rings. The molecule has 0 radical (unpaired) electrons. The van der Waals surface area contributed by atoms with E-state index < -0.39 is 30.5 Å². The summed E-state index contributed by atoms with van der Waals surface area (Å²) in [5.74, 6) is 0. The average molecular weight is 572 g/mol. The third kappa shape index (κ3) is 9.10. The molecule has 0 aliphatic carbocycles. The van der Waals surface area contributed by atoms with Crippen LogP contribution in [0.25, 0.3) is 0 Å². The molecule has 13 heteroatoms. The summed E-state index contributed by atoms with van der Waals surface area (Å²) in [6, 6.07) is 9.85. The van der Waals surface area contributed by atoms with E-state index in [1.165, 1.54) is 36.4 Å². The molecule has 0 atom stereocenters. The van der Waals surface area contributed by atoms with Gasteiger partial charge in [-0.25, -0.2) is 0 Å². The molecule has 8 nitrogen and oxygen atoms in total. The van der Waals surface area contributed by atoms with E-state index >= 15 is 0 Å². The Morgan fingerprint density at radius 1 is 0.704 bits per heavy atom. The quantitative estimate of drug-likeness (QED) is 0.308. The van der Waals surface area contributed by atoms with Gasteiger partial charge < -0.3 is 34.8 Å². The monoisotopic (exact) mass is 572 g/mol. The smallest absolute Gasteiger partial charge is 0.737 e. The topological polar surface area (TPSA) is 143 Å². The van der Waals surface area contributed by atoms with E-state index in [9.17, 15) is 26.4 Å². The zero-order chi connectivity index (χ0) is 20.1. The number of carbonyl (C=O) groups excluding carboxylic acids is 2. The van der Waals surface area contributed by atoms with Gasteiger partial charge in [-0.1, -0.05) is 24.3 Å². The molecule has 0 fully saturated rings. The normalized spacial score (nSPS) is 10.7. The van der Waals surface area contributed by atoms with Crippen LogP contribution in [0.4, 0.5) is 0 Å². The third-order valence-electron chi connectivity index (χ3n) is 2.74. The van der Waals surface area contributed by atoms with Crippen molar-refractivity contribution in [3.63, 3.8) is 0 Å². The number of hydrogen-bond donors (Lipinski definition) is 2. The summed E-state index contributed by atoms with van der Waals surface area (Å²) < 4.78 is 59.7. The Balaban J connectivity index is 0.000000483. The van der Waals surface area contributed by atoms with Gasteiger partial charge in [-0.2, -0.15) is 16.8 Å². The fourth-order valence-electron chi connectivity index (χ4n) is 1.57. The van der Waals surface area contributed by atoms with Crippen LogP contribution in [0.15, 0.2) is 58.3 Å². The minimum absolute atomic E-state index is 0. The van der Waals surface area contributed by atoms with Gasteiger partial charge in [-0.3, -0.25) is 9.11 Å². The molecule has 0 unspecified atom stereocenters. The van der Waals surface area contributed by atoms with E-state index in [-0.39, 0.29) is 69.8 Å². The zero-order valence-electron chi connectivity index (χ0n) is 13.3. The first-order valence-electron chi connectivity index (χ1n) is 6.40. The van der Waals surface area contributed by atoms with Crippen LogP contribution in [0.1, 0.15) is 20.7 Å². The second kappa shape index (κ2) is 11.0. The molecular weight excluding hydrogens is 562 g/mol. The Morgan fingerprint density at radius 2 is 1.00 bits per heavy atom. The predicted octanol–water partition coefficient (Wildman–Crippen LogP) is 0.860. The van der Waals surface area contributed by atoms with Crippen LogP contribution in [0.3, 0.4) is 0 Å². The first-order chi connectivity index (χ1) is 11.8. The Labute approximate surface area is 207 Å². The van der Waals surface area contributed by atoms with Crippen LogP contribution in [-0.2, 0) is 45.5 Å². The van der Waals surface area contributed by atoms with Crippen molar-refractivity contribution in [2.24, 2.45) is 0 Å². The van der Waals surface area contributed by atoms with Crippen molar-refractivity contribution in [1.29, 1.82) is 0 Å². The summed E-state index contributed by atoms with van der Waals surface area (Å²) in [6.45, 7) is 0. The molecule has 0 aromatic heterocycles. The van der Waals surface area contributed by atoms with E-state index in [1.54, 1.807) is 0 Å². The molecule has 140 valence electrons. The molecule has 0 spiro atoms. The molecule has 0 aliphatic heterocycles. The van der Waals surface area contributed by atoms with Gasteiger partial charge in [0.25, 0.3) is 20.2 Å². The molecule has 2 N–H and O–H groups in total. The van der Waals surface area contributed by atoms with E-state index in [1.807, 2.05) is 0 Å². The van der Waals surface area contributed by atoms with Gasteiger partial charge in [-0.15, -0.1) is 0 Å². The Kier molecular flexibility index (Phi) is 10.8. The number of carbonyl (C=O) groups is 2. The molecular formula is C14H10BaO8S4. The van der Waals surface area contributed by atoms with E-state index in [4.69, 9.17) is 9.11 Å². The van der Waals surface area contributed by atoms with Crippen molar-refractivity contribution in [2.45, 2.75) is 9.79 Å². The van der Waals surface area contributed by atoms with Crippen LogP contribution in [-0.4, -0.2) is 85.1 Å². The molecule has 27 heavy (non-hydrogen) atoms. The van der Waals surface area contributed by atoms with Crippen molar-refractivity contribution in [3.05, 3.63) is 59.7 Å². The SMILES string of the molecule is O=C([S-])c1cccc(S(=O)(=O)O)c1.O=C([S-])c1cccc(S(=O)(=O)O)c1.[Ba+2]. The number of benzene rings is 2. The second-order valence-electron chi connectivity index (χ2n) is 4.58. The minimum Gasteiger partial charge on any atom is -0.737 e. The van der Waals surface area contributed by atoms with E-state index in [0.29, 0.717) is 0 Å². The molecule has 0 amide bonds. The van der Waals surface area contributed by atoms with Crippen LogP contribution < -0.4 is 0 Å². The van der Waals surface area contributed by atoms with Gasteiger partial charge in [0.15, 0.2) is 0 Å². The van der Waals surface area contributed by atoms with Crippen LogP contribution in [0.5, 0.6) is 0 Å². The van der Waals surface area contributed by atoms with Crippen molar-refractivity contribution >= 4 is 105 Å². The first kappa shape index (κ1) is 26.6. The van der Waals surface area contributed by atoms with Crippen LogP contribution >= 0.6 is 0 Å². The molecule has 0 bridgehead atoms. The largest absolute Gasteiger partial charge is 2.00 e. The van der Waals surface area contributed by atoms with Crippen molar-refractivity contribution < 1.29 is 35.5 Å². The fourth-order valence-corrected chi connectivity index (χ4v) is 2.87. The van der Waals surface area contributed by atoms with Crippen LogP contribution in [0.2, 0.25) is 0 Å². The number of hydrogen-bond acceptors (Lipinski definition) is 8. The Hall–Kier alpha value is -0.389. The second-order valence-corrected chi connectivity index (χ2v) is 8.17. The van der Waals surface area contributed by atoms with E-state index in [0.717, 1.165) is 12.1 Å². The van der Waals surface area contributed by atoms with Gasteiger partial charge in [0.05, 0.1) is 9.79 Å². The molecule has 2 aromatic carbocycles. The summed E-state index contributed by atoms with van der Waals surface area (Å²) in [5.41, 5.74) is 0.148. The van der Waals surface area contributed by atoms with Crippen molar-refractivity contribution in [3.8, 4) is 0 Å². The van der Waals surface area contributed by atoms with Crippen molar-refractivity contribution in [1.82, 2.24) is 0 Å². The molecule has 0 saturated heterocycles. The molecule has 0 saturated carbocycles. The van der Waals surface area contributed by atoms with Gasteiger partial charge in [0, 0.05) is 10.2 Å². The van der Waals surface area contributed by atoms with Gasteiger partial charge >= 0.3 is 48.9 Å². The maximum absolute atomic E-state index is 10.7. The summed E-state index contributed by atoms with van der Waals surface area (Å²) in [7, 11) is -8.51. The minimum atomic E-state index is -4.26. The van der Waals surface area contributed by atoms with Gasteiger partial charge in [0.1, 0.15) is 0 Å². The number of rotatable bonds is 4. The molecule has 0 heterocycles. The van der Waals surface area contributed by atoms with Crippen LogP contribution in [0, 0.1) is 0 Å². The van der Waals surface area contributed by atoms with Gasteiger partial charge in [0.2, 0.25) is 0 Å². The zero-order valence-corrected chi connectivity index (χ0v) is 21.0. The van der Waals surface area contributed by atoms with Gasteiger partial charge in [-0.05, 0) is 35.4 Å². The Morgan fingerprint density at radius 3 is 1.22 bits per heavy atom. The predicted molar refractivity (Wildman–Crippen MR) is 102 cm³/mol. The molecule has 0 aliphatic rings. The van der Waals surface area contributed by atoms with Crippen molar-refractivity contribution in [2.75, 3.05) is 0 Å². The van der Waals surface area contributed by atoms with E-state index in [2.05, 4.69) is 25.3 Å². The summed E-state index contributed by atoms with van der Waals surface area (Å²) >= 11 is 8.63. The summed E-state index contributed by atoms with van der Waals surface area (Å²) in [5, 5.41) is -1.32. The first-order valence-corrected chi connectivity index (χ1v) is 10.1. The third-order valence-corrected chi connectivity index (χ3v) is 4.91. The summed E-state index contributed by atoms with van der Waals surface area (Å²) in [6.07, 6.45) is 0. The maximum atomic E-state index is 10.7. The standard InChI is InChI=1S/2C7H6O4S2.Ba/c2*8-7(12)5-2-1-3-6(4-5)13(9,10)11;/h2*1-4H,(H,8,12)(H,9,10,11);/q;;+2/p-2. The Bertz CT molecular complexity index is 963. The fraction of sp³-hybridized carbons (Fsp3) is 0. The summed E-state index contributed by atoms with van der Waals surface area (Å²) in [4.78, 5) is 20.7.